The second-order valence-electron chi connectivity index (χ2n) is 8.89. The predicted octanol–water partition coefficient (Wildman–Crippen LogP) is 6.72. The van der Waals surface area contributed by atoms with Crippen molar-refractivity contribution >= 4 is 16.5 Å². The zero-order chi connectivity index (χ0) is 21.5. The number of hydrogen-bond acceptors (Lipinski definition) is 3. The number of nitrogens with zero attached hydrogens (tertiary/aromatic N) is 2. The molecule has 1 aromatic heterocycles. The van der Waals surface area contributed by atoms with Crippen molar-refractivity contribution in [3.8, 4) is 17.0 Å². The second kappa shape index (κ2) is 7.77. The summed E-state index contributed by atoms with van der Waals surface area (Å²) in [6.45, 7) is 9.37. The van der Waals surface area contributed by atoms with Gasteiger partial charge in [0.25, 0.3) is 0 Å². The van der Waals surface area contributed by atoms with Gasteiger partial charge in [0.1, 0.15) is 5.75 Å². The lowest BCUT2D eigenvalue weighted by atomic mass is 9.97. The molecule has 0 saturated carbocycles. The maximum atomic E-state index is 6.37. The molecule has 0 fully saturated rings. The maximum absolute atomic E-state index is 6.37. The number of aromatic nitrogens is 2. The average Bonchev–Trinajstić information content (AvgIpc) is 3.15. The molecule has 1 aliphatic heterocycles. The summed E-state index contributed by atoms with van der Waals surface area (Å²) >= 11 is 0. The van der Waals surface area contributed by atoms with Crippen LogP contribution in [0.15, 0.2) is 60.7 Å². The molecule has 158 valence electrons. The van der Waals surface area contributed by atoms with E-state index in [-0.39, 0.29) is 6.17 Å². The maximum Gasteiger partial charge on any atom is 0.151 e. The van der Waals surface area contributed by atoms with Gasteiger partial charge in [-0.3, -0.25) is 0 Å². The quantitative estimate of drug-likeness (QED) is 0.396. The number of benzene rings is 3. The van der Waals surface area contributed by atoms with Crippen molar-refractivity contribution in [3.63, 3.8) is 0 Å². The van der Waals surface area contributed by atoms with E-state index in [1.807, 2.05) is 0 Å². The SMILES string of the molecule is Cc1cc2n(n1)C(c1c(OCCC(C)C)ccc3ccccc13)Nc1c(C)cccc1-2. The number of ether oxygens (including phenoxy) is 1. The Hall–Kier alpha value is -3.27. The highest BCUT2D eigenvalue weighted by Crippen LogP contribution is 2.44. The number of para-hydroxylation sites is 1. The van der Waals surface area contributed by atoms with E-state index < -0.39 is 0 Å². The van der Waals surface area contributed by atoms with E-state index in [0.29, 0.717) is 12.5 Å². The smallest absolute Gasteiger partial charge is 0.151 e. The Morgan fingerprint density at radius 3 is 2.71 bits per heavy atom. The molecule has 4 heteroatoms. The lowest BCUT2D eigenvalue weighted by molar-refractivity contribution is 0.285. The van der Waals surface area contributed by atoms with Crippen molar-refractivity contribution in [2.75, 3.05) is 11.9 Å². The number of fused-ring (bicyclic) bond motifs is 4. The zero-order valence-corrected chi connectivity index (χ0v) is 18.6. The van der Waals surface area contributed by atoms with Crippen LogP contribution in [0, 0.1) is 19.8 Å². The van der Waals surface area contributed by atoms with Gasteiger partial charge in [-0.2, -0.15) is 5.10 Å². The highest BCUT2D eigenvalue weighted by molar-refractivity contribution is 5.90. The predicted molar refractivity (Wildman–Crippen MR) is 128 cm³/mol. The van der Waals surface area contributed by atoms with Gasteiger partial charge in [0, 0.05) is 16.8 Å². The normalized spacial score (nSPS) is 14.9. The van der Waals surface area contributed by atoms with Gasteiger partial charge in [-0.25, -0.2) is 4.68 Å². The van der Waals surface area contributed by atoms with Crippen LogP contribution in [0.3, 0.4) is 0 Å². The summed E-state index contributed by atoms with van der Waals surface area (Å²) in [5.41, 5.74) is 6.88. The highest BCUT2D eigenvalue weighted by Gasteiger charge is 2.30. The highest BCUT2D eigenvalue weighted by atomic mass is 16.5. The first kappa shape index (κ1) is 19.7. The fourth-order valence-electron chi connectivity index (χ4n) is 4.47. The molecule has 0 saturated heterocycles. The molecule has 4 nitrogen and oxygen atoms in total. The molecule has 4 aromatic rings. The summed E-state index contributed by atoms with van der Waals surface area (Å²) in [7, 11) is 0. The molecular formula is C27H29N3O. The summed E-state index contributed by atoms with van der Waals surface area (Å²) in [4.78, 5) is 0. The largest absolute Gasteiger partial charge is 0.493 e. The van der Waals surface area contributed by atoms with Gasteiger partial charge in [-0.1, -0.05) is 62.4 Å². The molecule has 0 spiro atoms. The van der Waals surface area contributed by atoms with Crippen molar-refractivity contribution in [2.24, 2.45) is 5.92 Å². The first-order valence-electron chi connectivity index (χ1n) is 11.1. The van der Waals surface area contributed by atoms with Crippen LogP contribution in [-0.4, -0.2) is 16.4 Å². The number of hydrogen-bond donors (Lipinski definition) is 1. The molecule has 0 amide bonds. The van der Waals surface area contributed by atoms with E-state index in [1.54, 1.807) is 0 Å². The van der Waals surface area contributed by atoms with E-state index in [9.17, 15) is 0 Å². The Balaban J connectivity index is 1.70. The Bertz CT molecular complexity index is 1250. The Kier molecular flexibility index (Phi) is 4.93. The van der Waals surface area contributed by atoms with Gasteiger partial charge in [-0.05, 0) is 54.7 Å². The van der Waals surface area contributed by atoms with Crippen molar-refractivity contribution in [3.05, 3.63) is 77.5 Å². The molecule has 1 N–H and O–H groups in total. The van der Waals surface area contributed by atoms with E-state index in [0.717, 1.165) is 29.1 Å². The van der Waals surface area contributed by atoms with E-state index >= 15 is 0 Å². The molecule has 0 bridgehead atoms. The number of nitrogens with one attached hydrogen (secondary N) is 1. The molecular weight excluding hydrogens is 382 g/mol. The first-order chi connectivity index (χ1) is 15.0. The topological polar surface area (TPSA) is 39.1 Å². The molecule has 0 radical (unpaired) electrons. The van der Waals surface area contributed by atoms with Crippen LogP contribution in [0.25, 0.3) is 22.0 Å². The van der Waals surface area contributed by atoms with Gasteiger partial charge >= 0.3 is 0 Å². The Labute approximate surface area is 183 Å². The minimum Gasteiger partial charge on any atom is -0.493 e. The summed E-state index contributed by atoms with van der Waals surface area (Å²) in [6.07, 6.45) is 0.885. The lowest BCUT2D eigenvalue weighted by Crippen LogP contribution is -2.27. The third-order valence-electron chi connectivity index (χ3n) is 6.09. The van der Waals surface area contributed by atoms with Crippen LogP contribution in [0.4, 0.5) is 5.69 Å². The number of rotatable bonds is 5. The lowest BCUT2D eigenvalue weighted by Gasteiger charge is -2.32. The summed E-state index contributed by atoms with van der Waals surface area (Å²) in [5, 5.41) is 11.1. The fourth-order valence-corrected chi connectivity index (χ4v) is 4.47. The van der Waals surface area contributed by atoms with Gasteiger partial charge in [-0.15, -0.1) is 0 Å². The van der Waals surface area contributed by atoms with Gasteiger partial charge in [0.15, 0.2) is 6.17 Å². The van der Waals surface area contributed by atoms with Crippen molar-refractivity contribution in [1.82, 2.24) is 9.78 Å². The van der Waals surface area contributed by atoms with Crippen LogP contribution in [0.2, 0.25) is 0 Å². The Morgan fingerprint density at radius 1 is 1.03 bits per heavy atom. The third-order valence-corrected chi connectivity index (χ3v) is 6.09. The van der Waals surface area contributed by atoms with Gasteiger partial charge < -0.3 is 10.1 Å². The monoisotopic (exact) mass is 411 g/mol. The van der Waals surface area contributed by atoms with Crippen LogP contribution >= 0.6 is 0 Å². The van der Waals surface area contributed by atoms with Gasteiger partial charge in [0.2, 0.25) is 0 Å². The van der Waals surface area contributed by atoms with Crippen molar-refractivity contribution in [1.29, 1.82) is 0 Å². The number of anilines is 1. The summed E-state index contributed by atoms with van der Waals surface area (Å²) in [6, 6.07) is 21.4. The molecule has 3 aromatic carbocycles. The Morgan fingerprint density at radius 2 is 1.87 bits per heavy atom. The van der Waals surface area contributed by atoms with Gasteiger partial charge in [0.05, 0.1) is 18.0 Å². The molecule has 2 heterocycles. The number of aryl methyl sites for hydroxylation is 2. The molecule has 1 atom stereocenters. The molecule has 5 rings (SSSR count). The van der Waals surface area contributed by atoms with Crippen molar-refractivity contribution in [2.45, 2.75) is 40.3 Å². The minimum atomic E-state index is -0.141. The van der Waals surface area contributed by atoms with E-state index in [2.05, 4.69) is 98.4 Å². The van der Waals surface area contributed by atoms with E-state index in [1.165, 1.54) is 27.6 Å². The zero-order valence-electron chi connectivity index (χ0n) is 18.6. The molecule has 0 aliphatic carbocycles. The first-order valence-corrected chi connectivity index (χ1v) is 11.1. The average molecular weight is 412 g/mol. The standard InChI is InChI=1S/C27H29N3O/c1-17(2)14-15-31-24-13-12-20-9-5-6-10-21(20)25(24)27-28-26-18(3)8-7-11-22(26)23-16-19(4)29-30(23)27/h5-13,16-17,27-28H,14-15H2,1-4H3. The fraction of sp³-hybridized carbons (Fsp3) is 0.296. The van der Waals surface area contributed by atoms with Crippen LogP contribution in [-0.2, 0) is 0 Å². The molecule has 1 aliphatic rings. The van der Waals surface area contributed by atoms with Crippen molar-refractivity contribution < 1.29 is 4.74 Å². The minimum absolute atomic E-state index is 0.141. The van der Waals surface area contributed by atoms with Crippen LogP contribution < -0.4 is 10.1 Å². The molecule has 1 unspecified atom stereocenters. The summed E-state index contributed by atoms with van der Waals surface area (Å²) < 4.78 is 8.49. The third kappa shape index (κ3) is 3.46. The summed E-state index contributed by atoms with van der Waals surface area (Å²) in [5.74, 6) is 1.53. The van der Waals surface area contributed by atoms with E-state index in [4.69, 9.17) is 9.84 Å². The second-order valence-corrected chi connectivity index (χ2v) is 8.89. The van der Waals surface area contributed by atoms with Crippen LogP contribution in [0.5, 0.6) is 5.75 Å². The molecule has 31 heavy (non-hydrogen) atoms. The van der Waals surface area contributed by atoms with Crippen LogP contribution in [0.1, 0.15) is 43.3 Å².